The van der Waals surface area contributed by atoms with E-state index in [9.17, 15) is 5.11 Å². The molecule has 0 saturated carbocycles. The zero-order chi connectivity index (χ0) is 18.5. The van der Waals surface area contributed by atoms with Gasteiger partial charge in [-0.15, -0.1) is 17.0 Å². The quantitative estimate of drug-likeness (QED) is 0.723. The number of ether oxygens (including phenoxy) is 2. The number of nitrogens with zero attached hydrogens (tertiary/aromatic N) is 1. The molecule has 4 nitrogen and oxygen atoms in total. The van der Waals surface area contributed by atoms with Gasteiger partial charge in [-0.1, -0.05) is 29.4 Å². The van der Waals surface area contributed by atoms with Crippen molar-refractivity contribution in [3.63, 3.8) is 0 Å². The highest BCUT2D eigenvalue weighted by Crippen LogP contribution is 2.58. The van der Waals surface area contributed by atoms with Gasteiger partial charge in [0.1, 0.15) is 6.10 Å². The molecule has 1 aromatic carbocycles. The summed E-state index contributed by atoms with van der Waals surface area (Å²) in [6.07, 6.45) is 6.38. The molecular formula is C22H30BrNO3. The number of benzene rings is 1. The standard InChI is InChI=1S/C22H29NO3.BrH/c1-14(2)5-7-16-11-17(24)12-19-22(16)9-10-23(3)13-15-6-8-18(25-4)21(26-19)20(15)22;/h5-6,8,11,17,19,24H,7,9-10,12-13H2,1-4H3;1H/t17-,19-,22+;/m0./s1. The molecule has 3 atom stereocenters. The van der Waals surface area contributed by atoms with E-state index in [0.717, 1.165) is 37.4 Å². The lowest BCUT2D eigenvalue weighted by Gasteiger charge is -2.41. The number of methoxy groups -OCH3 is 1. The Morgan fingerprint density at radius 3 is 2.89 bits per heavy atom. The zero-order valence-electron chi connectivity index (χ0n) is 16.6. The van der Waals surface area contributed by atoms with Crippen LogP contribution in [0.4, 0.5) is 0 Å². The van der Waals surface area contributed by atoms with Crippen molar-refractivity contribution >= 4 is 17.0 Å². The first-order valence-corrected chi connectivity index (χ1v) is 9.54. The van der Waals surface area contributed by atoms with Crippen molar-refractivity contribution in [2.75, 3.05) is 20.7 Å². The minimum atomic E-state index is -0.448. The van der Waals surface area contributed by atoms with Crippen LogP contribution >= 0.6 is 17.0 Å². The van der Waals surface area contributed by atoms with E-state index in [1.54, 1.807) is 7.11 Å². The van der Waals surface area contributed by atoms with Gasteiger partial charge >= 0.3 is 0 Å². The van der Waals surface area contributed by atoms with Crippen LogP contribution in [-0.4, -0.2) is 42.9 Å². The first kappa shape index (κ1) is 20.4. The Labute approximate surface area is 172 Å². The SMILES string of the molecule is Br.COc1ccc2c3c1O[C@H]1C[C@@H](O)C=C(CC=C(C)C)[C@@]31CCN(C)C2. The van der Waals surface area contributed by atoms with Gasteiger partial charge in [0.05, 0.1) is 18.6 Å². The van der Waals surface area contributed by atoms with Gasteiger partial charge in [0.25, 0.3) is 0 Å². The summed E-state index contributed by atoms with van der Waals surface area (Å²) in [4.78, 5) is 2.38. The fraction of sp³-hybridized carbons (Fsp3) is 0.545. The third kappa shape index (κ3) is 3.24. The van der Waals surface area contributed by atoms with Crippen molar-refractivity contribution in [3.8, 4) is 11.5 Å². The second-order valence-electron chi connectivity index (χ2n) is 8.18. The van der Waals surface area contributed by atoms with E-state index >= 15 is 0 Å². The highest BCUT2D eigenvalue weighted by atomic mass is 79.9. The molecule has 0 aromatic heterocycles. The fourth-order valence-electron chi connectivity index (χ4n) is 4.94. The van der Waals surface area contributed by atoms with E-state index in [1.165, 1.54) is 22.3 Å². The molecular weight excluding hydrogens is 406 g/mol. The molecule has 0 saturated heterocycles. The maximum Gasteiger partial charge on any atom is 0.166 e. The molecule has 148 valence electrons. The molecule has 1 aliphatic carbocycles. The van der Waals surface area contributed by atoms with Crippen molar-refractivity contribution in [1.82, 2.24) is 4.90 Å². The average Bonchev–Trinajstić information content (AvgIpc) is 2.85. The Balaban J connectivity index is 0.00000210. The van der Waals surface area contributed by atoms with Gasteiger partial charge in [0, 0.05) is 18.5 Å². The predicted molar refractivity (Wildman–Crippen MR) is 113 cm³/mol. The van der Waals surface area contributed by atoms with Crippen LogP contribution < -0.4 is 9.47 Å². The lowest BCUT2D eigenvalue weighted by molar-refractivity contribution is 0.0751. The Hall–Kier alpha value is -1.30. The minimum absolute atomic E-state index is 0. The summed E-state index contributed by atoms with van der Waals surface area (Å²) in [5, 5.41) is 10.5. The topological polar surface area (TPSA) is 41.9 Å². The number of rotatable bonds is 3. The van der Waals surface area contributed by atoms with E-state index in [-0.39, 0.29) is 28.5 Å². The van der Waals surface area contributed by atoms with Crippen molar-refractivity contribution in [2.24, 2.45) is 0 Å². The summed E-state index contributed by atoms with van der Waals surface area (Å²) in [5.41, 5.74) is 5.06. The summed E-state index contributed by atoms with van der Waals surface area (Å²) >= 11 is 0. The number of aliphatic hydroxyl groups excluding tert-OH is 1. The highest BCUT2D eigenvalue weighted by Gasteiger charge is 2.56. The zero-order valence-corrected chi connectivity index (χ0v) is 18.3. The summed E-state index contributed by atoms with van der Waals surface area (Å²) < 4.78 is 12.1. The molecule has 0 bridgehead atoms. The second kappa shape index (κ2) is 7.61. The van der Waals surface area contributed by atoms with Gasteiger partial charge in [-0.3, -0.25) is 0 Å². The monoisotopic (exact) mass is 435 g/mol. The van der Waals surface area contributed by atoms with Crippen LogP contribution in [0.3, 0.4) is 0 Å². The first-order chi connectivity index (χ1) is 12.5. The molecule has 3 aliphatic rings. The third-order valence-electron chi connectivity index (χ3n) is 6.16. The van der Waals surface area contributed by atoms with Crippen LogP contribution in [0.15, 0.2) is 35.4 Å². The number of allylic oxidation sites excluding steroid dienone is 2. The molecule has 0 fully saturated rings. The van der Waals surface area contributed by atoms with Crippen LogP contribution in [0.5, 0.6) is 11.5 Å². The molecule has 1 aromatic rings. The van der Waals surface area contributed by atoms with E-state index in [4.69, 9.17) is 9.47 Å². The van der Waals surface area contributed by atoms with Crippen molar-refractivity contribution in [2.45, 2.75) is 57.3 Å². The molecule has 4 rings (SSSR count). The van der Waals surface area contributed by atoms with Crippen molar-refractivity contribution in [1.29, 1.82) is 0 Å². The number of hydrogen-bond donors (Lipinski definition) is 1. The van der Waals surface area contributed by atoms with Crippen molar-refractivity contribution in [3.05, 3.63) is 46.6 Å². The molecule has 5 heteroatoms. The fourth-order valence-corrected chi connectivity index (χ4v) is 4.94. The number of hydrogen-bond acceptors (Lipinski definition) is 4. The van der Waals surface area contributed by atoms with Gasteiger partial charge < -0.3 is 19.5 Å². The van der Waals surface area contributed by atoms with Crippen molar-refractivity contribution < 1.29 is 14.6 Å². The van der Waals surface area contributed by atoms with Crippen LogP contribution in [0.2, 0.25) is 0 Å². The lowest BCUT2D eigenvalue weighted by atomic mass is 9.63. The molecule has 0 radical (unpaired) electrons. The molecule has 1 spiro atoms. The van der Waals surface area contributed by atoms with Gasteiger partial charge in [0.2, 0.25) is 0 Å². The van der Waals surface area contributed by atoms with Crippen LogP contribution in [0.1, 0.15) is 44.2 Å². The maximum absolute atomic E-state index is 10.5. The number of halogens is 1. The van der Waals surface area contributed by atoms with E-state index < -0.39 is 6.10 Å². The van der Waals surface area contributed by atoms with Gasteiger partial charge in [0.15, 0.2) is 11.5 Å². The Morgan fingerprint density at radius 2 is 2.19 bits per heavy atom. The molecule has 2 heterocycles. The molecule has 2 aliphatic heterocycles. The van der Waals surface area contributed by atoms with Crippen LogP contribution in [0.25, 0.3) is 0 Å². The Kier molecular flexibility index (Phi) is 5.76. The average molecular weight is 436 g/mol. The summed E-state index contributed by atoms with van der Waals surface area (Å²) in [6, 6.07) is 4.21. The molecule has 27 heavy (non-hydrogen) atoms. The summed E-state index contributed by atoms with van der Waals surface area (Å²) in [6.45, 7) is 6.19. The largest absolute Gasteiger partial charge is 0.493 e. The van der Waals surface area contributed by atoms with E-state index in [1.807, 2.05) is 6.07 Å². The lowest BCUT2D eigenvalue weighted by Crippen LogP contribution is -2.46. The Morgan fingerprint density at radius 1 is 1.41 bits per heavy atom. The first-order valence-electron chi connectivity index (χ1n) is 9.54. The van der Waals surface area contributed by atoms with Gasteiger partial charge in [-0.2, -0.15) is 0 Å². The maximum atomic E-state index is 10.5. The molecule has 1 N–H and O–H groups in total. The van der Waals surface area contributed by atoms with Gasteiger partial charge in [-0.05, 0) is 51.9 Å². The van der Waals surface area contributed by atoms with E-state index in [0.29, 0.717) is 6.42 Å². The third-order valence-corrected chi connectivity index (χ3v) is 6.16. The minimum Gasteiger partial charge on any atom is -0.493 e. The smallest absolute Gasteiger partial charge is 0.166 e. The van der Waals surface area contributed by atoms with E-state index in [2.05, 4.69) is 44.0 Å². The normalized spacial score (nSPS) is 28.7. The summed E-state index contributed by atoms with van der Waals surface area (Å²) in [5.74, 6) is 1.70. The Bertz CT molecular complexity index is 784. The molecule has 0 amide bonds. The number of aliphatic hydroxyl groups is 1. The second-order valence-corrected chi connectivity index (χ2v) is 8.18. The predicted octanol–water partition coefficient (Wildman–Crippen LogP) is 4.15. The highest BCUT2D eigenvalue weighted by molar-refractivity contribution is 8.93. The van der Waals surface area contributed by atoms with Gasteiger partial charge in [-0.25, -0.2) is 0 Å². The van der Waals surface area contributed by atoms with Crippen LogP contribution in [-0.2, 0) is 12.0 Å². The van der Waals surface area contributed by atoms with Crippen LogP contribution in [0, 0.1) is 0 Å². The summed E-state index contributed by atoms with van der Waals surface area (Å²) in [7, 11) is 3.88. The molecule has 0 unspecified atom stereocenters.